The summed E-state index contributed by atoms with van der Waals surface area (Å²) in [6, 6.07) is 7.94. The number of rotatable bonds is 5. The minimum absolute atomic E-state index is 0.201. The standard InChI is InChI=1S/C19H14ClN5O4/c20-13-4-11-6-14(19(28)29)18(27)22-16(11)12(5-13)8-25-9-15(23-24-25)17(26)10-2-1-3-21-7-10/h1-7,9,17,26H,8H2,(H,22,27)(H,28,29). The first-order valence-corrected chi connectivity index (χ1v) is 8.87. The minimum Gasteiger partial charge on any atom is -0.477 e. The number of aliphatic hydroxyl groups is 1. The Morgan fingerprint density at radius 3 is 2.86 bits per heavy atom. The topological polar surface area (TPSA) is 134 Å². The van der Waals surface area contributed by atoms with E-state index in [1.54, 1.807) is 42.9 Å². The van der Waals surface area contributed by atoms with E-state index in [0.717, 1.165) is 0 Å². The number of carboxylic acids is 1. The summed E-state index contributed by atoms with van der Waals surface area (Å²) in [6.07, 6.45) is 3.74. The SMILES string of the molecule is O=C(O)c1cc2cc(Cl)cc(Cn3cc(C(O)c4cccnc4)nn3)c2[nH]c1=O. The highest BCUT2D eigenvalue weighted by molar-refractivity contribution is 6.31. The summed E-state index contributed by atoms with van der Waals surface area (Å²) in [5.41, 5.74) is 0.917. The van der Waals surface area contributed by atoms with Crippen LogP contribution in [-0.2, 0) is 6.54 Å². The summed E-state index contributed by atoms with van der Waals surface area (Å²) in [5.74, 6) is -1.32. The number of carbonyl (C=O) groups is 1. The Balaban J connectivity index is 1.70. The number of nitrogens with zero attached hydrogens (tertiary/aromatic N) is 4. The Bertz CT molecular complexity index is 1270. The van der Waals surface area contributed by atoms with Crippen molar-refractivity contribution in [3.05, 3.63) is 86.7 Å². The lowest BCUT2D eigenvalue weighted by Gasteiger charge is -2.09. The molecule has 1 unspecified atom stereocenters. The molecule has 4 rings (SSSR count). The summed E-state index contributed by atoms with van der Waals surface area (Å²) >= 11 is 6.17. The summed E-state index contributed by atoms with van der Waals surface area (Å²) in [4.78, 5) is 29.8. The van der Waals surface area contributed by atoms with E-state index in [1.165, 1.54) is 10.7 Å². The molecule has 0 aliphatic carbocycles. The van der Waals surface area contributed by atoms with Gasteiger partial charge in [-0.3, -0.25) is 9.78 Å². The van der Waals surface area contributed by atoms with Crippen LogP contribution in [0.4, 0.5) is 0 Å². The minimum atomic E-state index is -1.32. The molecule has 0 fully saturated rings. The van der Waals surface area contributed by atoms with Gasteiger partial charge in [-0.05, 0) is 29.8 Å². The maximum atomic E-state index is 12.1. The second kappa shape index (κ2) is 7.46. The molecular formula is C19H14ClN5O4. The molecule has 10 heteroatoms. The van der Waals surface area contributed by atoms with Crippen molar-refractivity contribution in [2.24, 2.45) is 0 Å². The molecule has 0 radical (unpaired) electrons. The van der Waals surface area contributed by atoms with Gasteiger partial charge in [0.05, 0.1) is 18.3 Å². The quantitative estimate of drug-likeness (QED) is 0.457. The number of pyridine rings is 2. The van der Waals surface area contributed by atoms with Crippen molar-refractivity contribution >= 4 is 28.5 Å². The fourth-order valence-corrected chi connectivity index (χ4v) is 3.29. The molecule has 0 aliphatic rings. The molecular weight excluding hydrogens is 398 g/mol. The largest absolute Gasteiger partial charge is 0.477 e. The summed E-state index contributed by atoms with van der Waals surface area (Å²) < 4.78 is 1.49. The van der Waals surface area contributed by atoms with Crippen LogP contribution in [0.3, 0.4) is 0 Å². The summed E-state index contributed by atoms with van der Waals surface area (Å²) in [6.45, 7) is 0.201. The Labute approximate surface area is 168 Å². The smallest absolute Gasteiger partial charge is 0.341 e. The number of hydrogen-bond acceptors (Lipinski definition) is 6. The van der Waals surface area contributed by atoms with Gasteiger partial charge in [0.15, 0.2) is 0 Å². The van der Waals surface area contributed by atoms with Gasteiger partial charge in [0.25, 0.3) is 5.56 Å². The average molecular weight is 412 g/mol. The summed E-state index contributed by atoms with van der Waals surface area (Å²) in [5, 5.41) is 28.5. The molecule has 0 spiro atoms. The molecule has 3 N–H and O–H groups in total. The molecule has 146 valence electrons. The van der Waals surface area contributed by atoms with Crippen LogP contribution in [-0.4, -0.2) is 41.1 Å². The maximum absolute atomic E-state index is 12.1. The molecule has 1 aromatic carbocycles. The van der Waals surface area contributed by atoms with Gasteiger partial charge in [-0.1, -0.05) is 22.9 Å². The summed E-state index contributed by atoms with van der Waals surface area (Å²) in [7, 11) is 0. The van der Waals surface area contributed by atoms with Crippen molar-refractivity contribution in [1.82, 2.24) is 25.0 Å². The van der Waals surface area contributed by atoms with Gasteiger partial charge in [0.2, 0.25) is 0 Å². The molecule has 29 heavy (non-hydrogen) atoms. The van der Waals surface area contributed by atoms with E-state index >= 15 is 0 Å². The van der Waals surface area contributed by atoms with Gasteiger partial charge < -0.3 is 15.2 Å². The highest BCUT2D eigenvalue weighted by Crippen LogP contribution is 2.24. The number of benzene rings is 1. The Kier molecular flexibility index (Phi) is 4.83. The first-order valence-electron chi connectivity index (χ1n) is 8.49. The zero-order valence-corrected chi connectivity index (χ0v) is 15.5. The van der Waals surface area contributed by atoms with Gasteiger partial charge in [-0.25, -0.2) is 9.48 Å². The third kappa shape index (κ3) is 3.73. The van der Waals surface area contributed by atoms with Gasteiger partial charge in [0.1, 0.15) is 17.4 Å². The Morgan fingerprint density at radius 2 is 2.14 bits per heavy atom. The number of H-pyrrole nitrogens is 1. The van der Waals surface area contributed by atoms with Crippen molar-refractivity contribution in [3.8, 4) is 0 Å². The number of aliphatic hydroxyl groups excluding tert-OH is 1. The molecule has 3 aromatic heterocycles. The predicted molar refractivity (Wildman–Crippen MR) is 104 cm³/mol. The number of hydrogen-bond donors (Lipinski definition) is 3. The lowest BCUT2D eigenvalue weighted by atomic mass is 10.1. The zero-order valence-electron chi connectivity index (χ0n) is 14.8. The Hall–Kier alpha value is -3.56. The van der Waals surface area contributed by atoms with Crippen LogP contribution in [0.1, 0.15) is 33.3 Å². The molecule has 0 amide bonds. The third-order valence-electron chi connectivity index (χ3n) is 4.40. The first-order chi connectivity index (χ1) is 13.9. The highest BCUT2D eigenvalue weighted by Gasteiger charge is 2.16. The van der Waals surface area contributed by atoms with Crippen LogP contribution in [0.2, 0.25) is 5.02 Å². The fourth-order valence-electron chi connectivity index (χ4n) is 3.04. The van der Waals surface area contributed by atoms with E-state index in [4.69, 9.17) is 16.7 Å². The number of aromatic nitrogens is 5. The number of aromatic carboxylic acids is 1. The van der Waals surface area contributed by atoms with E-state index in [0.29, 0.717) is 32.7 Å². The maximum Gasteiger partial charge on any atom is 0.341 e. The average Bonchev–Trinajstić information content (AvgIpc) is 3.16. The van der Waals surface area contributed by atoms with Crippen molar-refractivity contribution in [2.45, 2.75) is 12.6 Å². The van der Waals surface area contributed by atoms with Crippen molar-refractivity contribution in [2.75, 3.05) is 0 Å². The fraction of sp³-hybridized carbons (Fsp3) is 0.105. The zero-order chi connectivity index (χ0) is 20.5. The molecule has 0 aliphatic heterocycles. The van der Waals surface area contributed by atoms with Gasteiger partial charge in [-0.15, -0.1) is 5.10 Å². The number of nitrogens with one attached hydrogen (secondary N) is 1. The van der Waals surface area contributed by atoms with Crippen LogP contribution in [0.25, 0.3) is 10.9 Å². The molecule has 9 nitrogen and oxygen atoms in total. The van der Waals surface area contributed by atoms with E-state index in [1.807, 2.05) is 0 Å². The number of carboxylic acid groups (broad SMARTS) is 1. The van der Waals surface area contributed by atoms with Crippen LogP contribution < -0.4 is 5.56 Å². The van der Waals surface area contributed by atoms with E-state index in [9.17, 15) is 14.7 Å². The lowest BCUT2D eigenvalue weighted by molar-refractivity contribution is 0.0695. The van der Waals surface area contributed by atoms with Crippen LogP contribution in [0.5, 0.6) is 0 Å². The van der Waals surface area contributed by atoms with Gasteiger partial charge >= 0.3 is 5.97 Å². The van der Waals surface area contributed by atoms with Gasteiger partial charge in [0, 0.05) is 28.4 Å². The molecule has 0 bridgehead atoms. The van der Waals surface area contributed by atoms with Crippen molar-refractivity contribution < 1.29 is 15.0 Å². The third-order valence-corrected chi connectivity index (χ3v) is 4.62. The molecule has 4 aromatic rings. The van der Waals surface area contributed by atoms with Crippen LogP contribution in [0, 0.1) is 0 Å². The molecule has 1 atom stereocenters. The van der Waals surface area contributed by atoms with Gasteiger partial charge in [-0.2, -0.15) is 0 Å². The van der Waals surface area contributed by atoms with Crippen molar-refractivity contribution in [3.63, 3.8) is 0 Å². The Morgan fingerprint density at radius 1 is 1.31 bits per heavy atom. The number of aromatic amines is 1. The lowest BCUT2D eigenvalue weighted by Crippen LogP contribution is -2.17. The molecule has 0 saturated carbocycles. The van der Waals surface area contributed by atoms with E-state index in [2.05, 4.69) is 20.3 Å². The second-order valence-corrected chi connectivity index (χ2v) is 6.81. The monoisotopic (exact) mass is 411 g/mol. The van der Waals surface area contributed by atoms with E-state index in [-0.39, 0.29) is 12.1 Å². The predicted octanol–water partition coefficient (Wildman–Crippen LogP) is 2.00. The molecule has 0 saturated heterocycles. The number of halogens is 1. The highest BCUT2D eigenvalue weighted by atomic mass is 35.5. The first kappa shape index (κ1) is 18.8. The van der Waals surface area contributed by atoms with E-state index < -0.39 is 17.6 Å². The van der Waals surface area contributed by atoms with Crippen LogP contribution >= 0.6 is 11.6 Å². The van der Waals surface area contributed by atoms with Crippen molar-refractivity contribution in [1.29, 1.82) is 0 Å². The van der Waals surface area contributed by atoms with Crippen LogP contribution in [0.15, 0.2) is 53.7 Å². The number of fused-ring (bicyclic) bond motifs is 1. The normalized spacial score (nSPS) is 12.2. The molecule has 3 heterocycles. The second-order valence-electron chi connectivity index (χ2n) is 6.38.